The summed E-state index contributed by atoms with van der Waals surface area (Å²) in [5.41, 5.74) is 2.36. The van der Waals surface area contributed by atoms with Gasteiger partial charge in [0.1, 0.15) is 0 Å². The van der Waals surface area contributed by atoms with Gasteiger partial charge in [0.2, 0.25) is 0 Å². The summed E-state index contributed by atoms with van der Waals surface area (Å²) in [6.45, 7) is 7.05. The van der Waals surface area contributed by atoms with Crippen molar-refractivity contribution in [1.82, 2.24) is 15.1 Å². The SMILES string of the molecule is COCCNCC(C)CCc1c(Br)c(C)nn1C. The van der Waals surface area contributed by atoms with Crippen LogP contribution in [0.15, 0.2) is 4.47 Å². The van der Waals surface area contributed by atoms with E-state index in [9.17, 15) is 0 Å². The Morgan fingerprint density at radius 2 is 2.22 bits per heavy atom. The van der Waals surface area contributed by atoms with Crippen LogP contribution in [0, 0.1) is 12.8 Å². The van der Waals surface area contributed by atoms with Gasteiger partial charge in [-0.2, -0.15) is 5.10 Å². The van der Waals surface area contributed by atoms with E-state index in [1.807, 2.05) is 18.7 Å². The van der Waals surface area contributed by atoms with Gasteiger partial charge in [-0.1, -0.05) is 6.92 Å². The second-order valence-corrected chi connectivity index (χ2v) is 5.60. The minimum Gasteiger partial charge on any atom is -0.383 e. The molecule has 1 unspecified atom stereocenters. The number of hydrogen-bond acceptors (Lipinski definition) is 3. The largest absolute Gasteiger partial charge is 0.383 e. The number of ether oxygens (including phenoxy) is 1. The molecule has 0 aliphatic carbocycles. The molecule has 0 radical (unpaired) electrons. The molecule has 0 fully saturated rings. The Bertz CT molecular complexity index is 365. The maximum atomic E-state index is 5.01. The van der Waals surface area contributed by atoms with Crippen molar-refractivity contribution in [1.29, 1.82) is 0 Å². The van der Waals surface area contributed by atoms with E-state index in [0.29, 0.717) is 5.92 Å². The average molecular weight is 318 g/mol. The summed E-state index contributed by atoms with van der Waals surface area (Å²) in [5.74, 6) is 0.656. The molecular formula is C13H24BrN3O. The minimum atomic E-state index is 0.656. The van der Waals surface area contributed by atoms with E-state index in [4.69, 9.17) is 4.74 Å². The van der Waals surface area contributed by atoms with Gasteiger partial charge >= 0.3 is 0 Å². The molecule has 1 heterocycles. The van der Waals surface area contributed by atoms with Crippen LogP contribution in [0.1, 0.15) is 24.7 Å². The predicted molar refractivity (Wildman–Crippen MR) is 77.9 cm³/mol. The lowest BCUT2D eigenvalue weighted by atomic mass is 10.0. The van der Waals surface area contributed by atoms with Crippen molar-refractivity contribution in [3.05, 3.63) is 15.9 Å². The zero-order valence-electron chi connectivity index (χ0n) is 11.8. The normalized spacial score (nSPS) is 12.9. The quantitative estimate of drug-likeness (QED) is 0.748. The van der Waals surface area contributed by atoms with Crippen molar-refractivity contribution >= 4 is 15.9 Å². The van der Waals surface area contributed by atoms with Gasteiger partial charge in [0, 0.05) is 20.7 Å². The second-order valence-electron chi connectivity index (χ2n) is 4.81. The van der Waals surface area contributed by atoms with Crippen molar-refractivity contribution in [2.45, 2.75) is 26.7 Å². The molecule has 0 aromatic carbocycles. The Labute approximate surface area is 118 Å². The highest BCUT2D eigenvalue weighted by Crippen LogP contribution is 2.22. The third-order valence-corrected chi connectivity index (χ3v) is 4.14. The van der Waals surface area contributed by atoms with Crippen LogP contribution in [0.5, 0.6) is 0 Å². The third-order valence-electron chi connectivity index (χ3n) is 3.11. The molecule has 4 nitrogen and oxygen atoms in total. The molecule has 0 spiro atoms. The van der Waals surface area contributed by atoms with Gasteiger partial charge in [-0.3, -0.25) is 4.68 Å². The standard InChI is InChI=1S/C13H24BrN3O/c1-10(9-15-7-8-18-4)5-6-12-13(14)11(2)16-17(12)3/h10,15H,5-9H2,1-4H3. The predicted octanol–water partition coefficient (Wildman–Crippen LogP) is 2.30. The molecule has 1 N–H and O–H groups in total. The molecule has 0 aliphatic rings. The Morgan fingerprint density at radius 1 is 1.50 bits per heavy atom. The van der Waals surface area contributed by atoms with E-state index in [1.54, 1.807) is 7.11 Å². The molecule has 1 rings (SSSR count). The van der Waals surface area contributed by atoms with Crippen molar-refractivity contribution in [2.24, 2.45) is 13.0 Å². The summed E-state index contributed by atoms with van der Waals surface area (Å²) >= 11 is 3.61. The van der Waals surface area contributed by atoms with Crippen molar-refractivity contribution in [2.75, 3.05) is 26.8 Å². The van der Waals surface area contributed by atoms with E-state index in [-0.39, 0.29) is 0 Å². The lowest BCUT2D eigenvalue weighted by Crippen LogP contribution is -2.25. The number of aromatic nitrogens is 2. The van der Waals surface area contributed by atoms with Gasteiger partial charge in [0.15, 0.2) is 0 Å². The Balaban J connectivity index is 2.31. The summed E-state index contributed by atoms with van der Waals surface area (Å²) in [5, 5.41) is 7.81. The van der Waals surface area contributed by atoms with Crippen LogP contribution in [0.3, 0.4) is 0 Å². The summed E-state index contributed by atoms with van der Waals surface area (Å²) in [7, 11) is 3.74. The fourth-order valence-electron chi connectivity index (χ4n) is 1.96. The minimum absolute atomic E-state index is 0.656. The third kappa shape index (κ3) is 4.71. The Hall–Kier alpha value is -0.390. The summed E-state index contributed by atoms with van der Waals surface area (Å²) in [4.78, 5) is 0. The summed E-state index contributed by atoms with van der Waals surface area (Å²) in [6, 6.07) is 0. The molecule has 0 saturated heterocycles. The maximum absolute atomic E-state index is 5.01. The first kappa shape index (κ1) is 15.7. The number of aryl methyl sites for hydroxylation is 2. The van der Waals surface area contributed by atoms with Gasteiger partial charge in [-0.05, 0) is 48.2 Å². The first-order valence-corrected chi connectivity index (χ1v) is 7.23. The first-order chi connectivity index (χ1) is 8.56. The molecule has 1 aromatic rings. The highest BCUT2D eigenvalue weighted by molar-refractivity contribution is 9.10. The van der Waals surface area contributed by atoms with Crippen LogP contribution in [0.2, 0.25) is 0 Å². The van der Waals surface area contributed by atoms with Crippen molar-refractivity contribution in [3.63, 3.8) is 0 Å². The number of halogens is 1. The number of hydrogen-bond donors (Lipinski definition) is 1. The smallest absolute Gasteiger partial charge is 0.0738 e. The molecule has 0 aliphatic heterocycles. The Morgan fingerprint density at radius 3 is 2.78 bits per heavy atom. The summed E-state index contributed by atoms with van der Waals surface area (Å²) < 4.78 is 8.14. The molecular weight excluding hydrogens is 294 g/mol. The molecule has 18 heavy (non-hydrogen) atoms. The highest BCUT2D eigenvalue weighted by Gasteiger charge is 2.11. The van der Waals surface area contributed by atoms with Crippen LogP contribution >= 0.6 is 15.9 Å². The van der Waals surface area contributed by atoms with Crippen LogP contribution in [0.25, 0.3) is 0 Å². The molecule has 5 heteroatoms. The fraction of sp³-hybridized carbons (Fsp3) is 0.769. The number of rotatable bonds is 8. The van der Waals surface area contributed by atoms with Gasteiger partial charge in [0.25, 0.3) is 0 Å². The van der Waals surface area contributed by atoms with E-state index in [0.717, 1.165) is 42.7 Å². The number of nitrogens with zero attached hydrogens (tertiary/aromatic N) is 2. The van der Waals surface area contributed by atoms with E-state index in [1.165, 1.54) is 5.69 Å². The van der Waals surface area contributed by atoms with Crippen LogP contribution < -0.4 is 5.32 Å². The fourth-order valence-corrected chi connectivity index (χ4v) is 2.49. The van der Waals surface area contributed by atoms with E-state index >= 15 is 0 Å². The zero-order valence-corrected chi connectivity index (χ0v) is 13.4. The van der Waals surface area contributed by atoms with Gasteiger partial charge in [-0.25, -0.2) is 0 Å². The van der Waals surface area contributed by atoms with Crippen LogP contribution in [0.4, 0.5) is 0 Å². The molecule has 1 atom stereocenters. The lowest BCUT2D eigenvalue weighted by Gasteiger charge is -2.12. The molecule has 104 valence electrons. The van der Waals surface area contributed by atoms with Gasteiger partial charge in [-0.15, -0.1) is 0 Å². The molecule has 0 bridgehead atoms. The van der Waals surface area contributed by atoms with Gasteiger partial charge < -0.3 is 10.1 Å². The monoisotopic (exact) mass is 317 g/mol. The number of methoxy groups -OCH3 is 1. The van der Waals surface area contributed by atoms with E-state index < -0.39 is 0 Å². The Kier molecular flexibility index (Phi) is 6.89. The second kappa shape index (κ2) is 7.92. The van der Waals surface area contributed by atoms with E-state index in [2.05, 4.69) is 33.3 Å². The topological polar surface area (TPSA) is 39.1 Å². The maximum Gasteiger partial charge on any atom is 0.0738 e. The zero-order chi connectivity index (χ0) is 13.5. The number of nitrogens with one attached hydrogen (secondary N) is 1. The van der Waals surface area contributed by atoms with Crippen LogP contribution in [-0.2, 0) is 18.2 Å². The van der Waals surface area contributed by atoms with Crippen molar-refractivity contribution < 1.29 is 4.74 Å². The first-order valence-electron chi connectivity index (χ1n) is 6.43. The van der Waals surface area contributed by atoms with Crippen LogP contribution in [-0.4, -0.2) is 36.6 Å². The molecule has 0 saturated carbocycles. The molecule has 1 aromatic heterocycles. The molecule has 0 amide bonds. The van der Waals surface area contributed by atoms with Gasteiger partial charge in [0.05, 0.1) is 22.5 Å². The van der Waals surface area contributed by atoms with Crippen molar-refractivity contribution in [3.8, 4) is 0 Å². The highest BCUT2D eigenvalue weighted by atomic mass is 79.9. The summed E-state index contributed by atoms with van der Waals surface area (Å²) in [6.07, 6.45) is 2.22. The lowest BCUT2D eigenvalue weighted by molar-refractivity contribution is 0.198. The average Bonchev–Trinajstić information content (AvgIpc) is 2.57.